The Labute approximate surface area is 143 Å². The van der Waals surface area contributed by atoms with Gasteiger partial charge < -0.3 is 25.6 Å². The monoisotopic (exact) mass is 338 g/mol. The Hall–Kier alpha value is -1.21. The lowest BCUT2D eigenvalue weighted by Crippen LogP contribution is -2.67. The van der Waals surface area contributed by atoms with Crippen molar-refractivity contribution in [3.63, 3.8) is 0 Å². The fraction of sp³-hybridized carbons (Fsp3) is 0.588. The van der Waals surface area contributed by atoms with Crippen LogP contribution in [0.2, 0.25) is 0 Å². The molecule has 2 rings (SSSR count). The van der Waals surface area contributed by atoms with Crippen LogP contribution < -0.4 is 10.6 Å². The van der Waals surface area contributed by atoms with Crippen molar-refractivity contribution < 1.29 is 14.9 Å². The number of benzene rings is 1. The molecule has 4 N–H and O–H groups in total. The quantitative estimate of drug-likeness (QED) is 0.629. The highest BCUT2D eigenvalue weighted by Gasteiger charge is 2.50. The Morgan fingerprint density at radius 3 is 2.52 bits per heavy atom. The number of aliphatic hydroxyl groups is 2. The van der Waals surface area contributed by atoms with E-state index < -0.39 is 5.60 Å². The van der Waals surface area contributed by atoms with Crippen molar-refractivity contribution in [2.45, 2.75) is 51.0 Å². The number of ether oxygens (including phenoxy) is 1. The molecule has 0 spiro atoms. The van der Waals surface area contributed by atoms with Gasteiger partial charge in [-0.05, 0) is 37.7 Å². The second-order valence-electron chi connectivity index (χ2n) is 6.26. The van der Waals surface area contributed by atoms with Crippen molar-refractivity contribution in [3.05, 3.63) is 30.3 Å². The van der Waals surface area contributed by atoms with E-state index >= 15 is 0 Å². The second kappa shape index (κ2) is 7.57. The zero-order valence-corrected chi connectivity index (χ0v) is 14.6. The van der Waals surface area contributed by atoms with Gasteiger partial charge in [-0.2, -0.15) is 0 Å². The van der Waals surface area contributed by atoms with Crippen LogP contribution in [0.4, 0.5) is 5.69 Å². The third-order valence-corrected chi connectivity index (χ3v) is 4.95. The SMILES string of the molecule is CCC1OC(CO)C(C)[C@@](C)(O)C1NC(=S)Nc1ccccc1. The van der Waals surface area contributed by atoms with E-state index in [0.717, 1.165) is 5.69 Å². The van der Waals surface area contributed by atoms with E-state index in [2.05, 4.69) is 10.6 Å². The molecule has 5 nitrogen and oxygen atoms in total. The van der Waals surface area contributed by atoms with Gasteiger partial charge in [-0.15, -0.1) is 0 Å². The van der Waals surface area contributed by atoms with E-state index in [1.807, 2.05) is 44.2 Å². The van der Waals surface area contributed by atoms with Crippen molar-refractivity contribution >= 4 is 23.0 Å². The molecule has 0 amide bonds. The van der Waals surface area contributed by atoms with Crippen LogP contribution >= 0.6 is 12.2 Å². The molecule has 23 heavy (non-hydrogen) atoms. The highest BCUT2D eigenvalue weighted by Crippen LogP contribution is 2.35. The van der Waals surface area contributed by atoms with Crippen molar-refractivity contribution in [3.8, 4) is 0 Å². The first kappa shape index (κ1) is 18.1. The summed E-state index contributed by atoms with van der Waals surface area (Å²) in [6, 6.07) is 9.28. The van der Waals surface area contributed by atoms with Crippen LogP contribution in [0, 0.1) is 5.92 Å². The number of para-hydroxylation sites is 1. The molecule has 128 valence electrons. The van der Waals surface area contributed by atoms with Crippen LogP contribution in [0.5, 0.6) is 0 Å². The third-order valence-electron chi connectivity index (χ3n) is 4.73. The van der Waals surface area contributed by atoms with Gasteiger partial charge in [-0.25, -0.2) is 0 Å². The van der Waals surface area contributed by atoms with Crippen LogP contribution in [0.1, 0.15) is 27.2 Å². The third kappa shape index (κ3) is 4.01. The van der Waals surface area contributed by atoms with Gasteiger partial charge in [0.1, 0.15) is 0 Å². The molecular formula is C17H26N2O3S. The van der Waals surface area contributed by atoms with Crippen molar-refractivity contribution in [1.29, 1.82) is 0 Å². The van der Waals surface area contributed by atoms with Gasteiger partial charge in [0.25, 0.3) is 0 Å². The number of aliphatic hydroxyl groups excluding tert-OH is 1. The fourth-order valence-corrected chi connectivity index (χ4v) is 3.30. The Morgan fingerprint density at radius 2 is 1.96 bits per heavy atom. The molecule has 0 aliphatic carbocycles. The highest BCUT2D eigenvalue weighted by atomic mass is 32.1. The first-order chi connectivity index (χ1) is 10.9. The zero-order valence-electron chi connectivity index (χ0n) is 13.8. The summed E-state index contributed by atoms with van der Waals surface area (Å²) in [5.74, 6) is -0.215. The molecule has 1 aliphatic rings. The summed E-state index contributed by atoms with van der Waals surface area (Å²) < 4.78 is 5.94. The van der Waals surface area contributed by atoms with Crippen LogP contribution in [0.25, 0.3) is 0 Å². The fourth-order valence-electron chi connectivity index (χ4n) is 3.06. The Kier molecular flexibility index (Phi) is 5.97. The van der Waals surface area contributed by atoms with Gasteiger partial charge >= 0.3 is 0 Å². The summed E-state index contributed by atoms with van der Waals surface area (Å²) in [6.07, 6.45) is 0.114. The van der Waals surface area contributed by atoms with Crippen molar-refractivity contribution in [2.75, 3.05) is 11.9 Å². The van der Waals surface area contributed by atoms with Crippen LogP contribution in [0.15, 0.2) is 30.3 Å². The summed E-state index contributed by atoms with van der Waals surface area (Å²) in [6.45, 7) is 5.55. The molecule has 1 heterocycles. The van der Waals surface area contributed by atoms with Gasteiger partial charge in [0.15, 0.2) is 5.11 Å². The lowest BCUT2D eigenvalue weighted by Gasteiger charge is -2.50. The van der Waals surface area contributed by atoms with Crippen molar-refractivity contribution in [2.24, 2.45) is 5.92 Å². The number of thiocarbonyl (C=S) groups is 1. The molecule has 0 radical (unpaired) electrons. The predicted molar refractivity (Wildman–Crippen MR) is 95.4 cm³/mol. The molecule has 1 fully saturated rings. The largest absolute Gasteiger partial charge is 0.394 e. The summed E-state index contributed by atoms with van der Waals surface area (Å²) >= 11 is 5.38. The second-order valence-corrected chi connectivity index (χ2v) is 6.67. The number of anilines is 1. The lowest BCUT2D eigenvalue weighted by atomic mass is 9.75. The molecule has 6 heteroatoms. The van der Waals surface area contributed by atoms with Gasteiger partial charge in [0, 0.05) is 11.6 Å². The average Bonchev–Trinajstić information content (AvgIpc) is 2.53. The molecule has 1 aromatic carbocycles. The molecule has 1 aromatic rings. The zero-order chi connectivity index (χ0) is 17.0. The smallest absolute Gasteiger partial charge is 0.171 e. The first-order valence-electron chi connectivity index (χ1n) is 8.01. The van der Waals surface area contributed by atoms with Crippen LogP contribution in [0.3, 0.4) is 0 Å². The first-order valence-corrected chi connectivity index (χ1v) is 8.42. The summed E-state index contributed by atoms with van der Waals surface area (Å²) in [5.41, 5.74) is -0.162. The average molecular weight is 338 g/mol. The molecule has 0 bridgehead atoms. The Bertz CT molecular complexity index is 524. The Morgan fingerprint density at radius 1 is 1.30 bits per heavy atom. The van der Waals surface area contributed by atoms with E-state index in [1.54, 1.807) is 6.92 Å². The molecule has 0 aromatic heterocycles. The standard InChI is InChI=1S/C17H26N2O3S/c1-4-13-15(17(3,21)11(2)14(10-20)22-13)19-16(23)18-12-8-6-5-7-9-12/h5-9,11,13-15,20-21H,4,10H2,1-3H3,(H2,18,19,23)/t11?,13?,14?,15?,17-/m1/s1. The topological polar surface area (TPSA) is 73.8 Å². The number of rotatable bonds is 4. The summed E-state index contributed by atoms with van der Waals surface area (Å²) in [7, 11) is 0. The predicted octanol–water partition coefficient (Wildman–Crippen LogP) is 1.90. The molecular weight excluding hydrogens is 312 g/mol. The maximum Gasteiger partial charge on any atom is 0.171 e. The number of hydrogen-bond donors (Lipinski definition) is 4. The van der Waals surface area contributed by atoms with E-state index in [0.29, 0.717) is 11.5 Å². The van der Waals surface area contributed by atoms with Crippen LogP contribution in [-0.4, -0.2) is 45.8 Å². The maximum absolute atomic E-state index is 11.0. The van der Waals surface area contributed by atoms with Gasteiger partial charge in [-0.1, -0.05) is 32.0 Å². The van der Waals surface area contributed by atoms with Gasteiger partial charge in [-0.3, -0.25) is 0 Å². The number of nitrogens with one attached hydrogen (secondary N) is 2. The molecule has 4 unspecified atom stereocenters. The van der Waals surface area contributed by atoms with E-state index in [4.69, 9.17) is 17.0 Å². The molecule has 1 aliphatic heterocycles. The Balaban J connectivity index is 2.10. The summed E-state index contributed by atoms with van der Waals surface area (Å²) in [5, 5.41) is 27.2. The number of hydrogen-bond acceptors (Lipinski definition) is 4. The van der Waals surface area contributed by atoms with Crippen LogP contribution in [-0.2, 0) is 4.74 Å². The molecule has 1 saturated heterocycles. The summed E-state index contributed by atoms with van der Waals surface area (Å²) in [4.78, 5) is 0. The normalized spacial score (nSPS) is 34.0. The maximum atomic E-state index is 11.0. The van der Waals surface area contributed by atoms with Crippen molar-refractivity contribution in [1.82, 2.24) is 5.32 Å². The van der Waals surface area contributed by atoms with E-state index in [-0.39, 0.29) is 30.8 Å². The minimum Gasteiger partial charge on any atom is -0.394 e. The van der Waals surface area contributed by atoms with Gasteiger partial charge in [0.05, 0.1) is 30.5 Å². The minimum atomic E-state index is -1.05. The van der Waals surface area contributed by atoms with Gasteiger partial charge in [0.2, 0.25) is 0 Å². The highest BCUT2D eigenvalue weighted by molar-refractivity contribution is 7.80. The van der Waals surface area contributed by atoms with E-state index in [9.17, 15) is 10.2 Å². The molecule has 5 atom stereocenters. The lowest BCUT2D eigenvalue weighted by molar-refractivity contribution is -0.200. The minimum absolute atomic E-state index is 0.104. The van der Waals surface area contributed by atoms with E-state index in [1.165, 1.54) is 0 Å². The molecule has 0 saturated carbocycles.